The maximum Gasteiger partial charge on any atom is 0.184 e. The Morgan fingerprint density at radius 2 is 2.00 bits per heavy atom. The molecule has 0 N–H and O–H groups in total. The van der Waals surface area contributed by atoms with E-state index < -0.39 is 0 Å². The van der Waals surface area contributed by atoms with Crippen LogP contribution in [-0.4, -0.2) is 11.1 Å². The molecule has 0 amide bonds. The zero-order valence-corrected chi connectivity index (χ0v) is 13.0. The highest BCUT2D eigenvalue weighted by molar-refractivity contribution is 7.07. The number of thiazole rings is 1. The standard InChI is InChI=1S/C12H21ClN2S.ClH/c1-3-5-7-14-12-15(8-6-4-2)11(9-13)10-16-12;/h10H,3-9H2,1-2H3;1H/b14-12-;. The van der Waals surface area contributed by atoms with Gasteiger partial charge in [0.15, 0.2) is 4.80 Å². The lowest BCUT2D eigenvalue weighted by Crippen LogP contribution is -2.17. The third-order valence-corrected chi connectivity index (χ3v) is 3.73. The van der Waals surface area contributed by atoms with Gasteiger partial charge in [-0.2, -0.15) is 0 Å². The molecule has 0 bridgehead atoms. The molecule has 100 valence electrons. The maximum absolute atomic E-state index is 5.93. The van der Waals surface area contributed by atoms with Gasteiger partial charge in [0.05, 0.1) is 5.88 Å². The summed E-state index contributed by atoms with van der Waals surface area (Å²) < 4.78 is 2.27. The van der Waals surface area contributed by atoms with Crippen molar-refractivity contribution in [3.63, 3.8) is 0 Å². The molecule has 1 aromatic heterocycles. The van der Waals surface area contributed by atoms with Crippen molar-refractivity contribution in [1.29, 1.82) is 0 Å². The van der Waals surface area contributed by atoms with Crippen LogP contribution in [0.2, 0.25) is 0 Å². The van der Waals surface area contributed by atoms with Gasteiger partial charge in [0.1, 0.15) is 0 Å². The summed E-state index contributed by atoms with van der Waals surface area (Å²) in [4.78, 5) is 5.78. The number of aromatic nitrogens is 1. The lowest BCUT2D eigenvalue weighted by molar-refractivity contribution is 0.597. The van der Waals surface area contributed by atoms with Gasteiger partial charge in [-0.3, -0.25) is 4.99 Å². The number of halogens is 2. The molecule has 0 unspecified atom stereocenters. The van der Waals surface area contributed by atoms with Gasteiger partial charge in [0, 0.05) is 24.2 Å². The second-order valence-electron chi connectivity index (χ2n) is 3.88. The van der Waals surface area contributed by atoms with Crippen LogP contribution >= 0.6 is 35.3 Å². The first-order chi connectivity index (χ1) is 7.83. The first-order valence-corrected chi connectivity index (χ1v) is 7.48. The molecule has 0 saturated heterocycles. The molecular formula is C12H22Cl2N2S. The Hall–Kier alpha value is 0.01000. The average Bonchev–Trinajstić information content (AvgIpc) is 2.69. The topological polar surface area (TPSA) is 17.3 Å². The summed E-state index contributed by atoms with van der Waals surface area (Å²) in [5.41, 5.74) is 1.20. The minimum Gasteiger partial charge on any atom is -0.320 e. The van der Waals surface area contributed by atoms with Crippen molar-refractivity contribution in [2.45, 2.75) is 52.0 Å². The Morgan fingerprint density at radius 3 is 2.59 bits per heavy atom. The van der Waals surface area contributed by atoms with Crippen molar-refractivity contribution in [3.8, 4) is 0 Å². The normalized spacial score (nSPS) is 11.6. The highest BCUT2D eigenvalue weighted by Crippen LogP contribution is 2.07. The average molecular weight is 297 g/mol. The lowest BCUT2D eigenvalue weighted by Gasteiger charge is -2.05. The molecule has 0 spiro atoms. The van der Waals surface area contributed by atoms with Crippen molar-refractivity contribution in [2.24, 2.45) is 4.99 Å². The van der Waals surface area contributed by atoms with E-state index in [-0.39, 0.29) is 12.4 Å². The molecule has 0 radical (unpaired) electrons. The second kappa shape index (κ2) is 9.98. The summed E-state index contributed by atoms with van der Waals surface area (Å²) in [5.74, 6) is 0.587. The minimum absolute atomic E-state index is 0. The van der Waals surface area contributed by atoms with Crippen LogP contribution in [0.4, 0.5) is 0 Å². The van der Waals surface area contributed by atoms with Crippen LogP contribution in [-0.2, 0) is 12.4 Å². The molecule has 17 heavy (non-hydrogen) atoms. The van der Waals surface area contributed by atoms with Crippen LogP contribution in [0.15, 0.2) is 10.4 Å². The van der Waals surface area contributed by atoms with Crippen molar-refractivity contribution >= 4 is 35.3 Å². The fraction of sp³-hybridized carbons (Fsp3) is 0.750. The molecule has 2 nitrogen and oxygen atoms in total. The molecule has 1 rings (SSSR count). The number of unbranched alkanes of at least 4 members (excludes halogenated alkanes) is 2. The van der Waals surface area contributed by atoms with Crippen molar-refractivity contribution in [3.05, 3.63) is 15.9 Å². The number of hydrogen-bond acceptors (Lipinski definition) is 2. The number of hydrogen-bond donors (Lipinski definition) is 0. The van der Waals surface area contributed by atoms with Crippen LogP contribution in [0.25, 0.3) is 0 Å². The fourth-order valence-corrected chi connectivity index (χ4v) is 2.75. The van der Waals surface area contributed by atoms with Crippen LogP contribution in [0, 0.1) is 0 Å². The van der Waals surface area contributed by atoms with E-state index in [1.54, 1.807) is 11.3 Å². The third-order valence-electron chi connectivity index (χ3n) is 2.51. The zero-order valence-electron chi connectivity index (χ0n) is 10.6. The van der Waals surface area contributed by atoms with Gasteiger partial charge < -0.3 is 4.57 Å². The van der Waals surface area contributed by atoms with E-state index in [0.29, 0.717) is 5.88 Å². The Labute approximate surface area is 119 Å². The van der Waals surface area contributed by atoms with Crippen molar-refractivity contribution in [2.75, 3.05) is 6.54 Å². The van der Waals surface area contributed by atoms with Crippen LogP contribution < -0.4 is 4.80 Å². The highest BCUT2D eigenvalue weighted by atomic mass is 35.5. The molecule has 0 aliphatic heterocycles. The molecule has 0 atom stereocenters. The minimum atomic E-state index is 0. The summed E-state index contributed by atoms with van der Waals surface area (Å²) >= 11 is 7.64. The molecule has 0 aliphatic carbocycles. The van der Waals surface area contributed by atoms with E-state index in [2.05, 4.69) is 28.8 Å². The lowest BCUT2D eigenvalue weighted by atomic mass is 10.3. The summed E-state index contributed by atoms with van der Waals surface area (Å²) in [6.45, 7) is 6.39. The van der Waals surface area contributed by atoms with Gasteiger partial charge in [-0.05, 0) is 12.8 Å². The predicted octanol–water partition coefficient (Wildman–Crippen LogP) is 4.21. The van der Waals surface area contributed by atoms with E-state index in [4.69, 9.17) is 11.6 Å². The van der Waals surface area contributed by atoms with Gasteiger partial charge in [0.2, 0.25) is 0 Å². The SMILES string of the molecule is CCCC/N=c1\scc(CCl)n1CCCC.Cl. The summed E-state index contributed by atoms with van der Waals surface area (Å²) in [7, 11) is 0. The van der Waals surface area contributed by atoms with Crippen molar-refractivity contribution in [1.82, 2.24) is 4.57 Å². The largest absolute Gasteiger partial charge is 0.320 e. The van der Waals surface area contributed by atoms with E-state index in [1.165, 1.54) is 31.4 Å². The zero-order chi connectivity index (χ0) is 11.8. The summed E-state index contributed by atoms with van der Waals surface area (Å²) in [5, 5.41) is 2.13. The molecule has 5 heteroatoms. The Balaban J connectivity index is 0.00000256. The molecule has 0 aromatic carbocycles. The number of alkyl halides is 1. The number of nitrogens with zero attached hydrogens (tertiary/aromatic N) is 2. The summed E-state index contributed by atoms with van der Waals surface area (Å²) in [6, 6.07) is 0. The van der Waals surface area contributed by atoms with Gasteiger partial charge in [0.25, 0.3) is 0 Å². The Bertz CT molecular complexity index is 358. The van der Waals surface area contributed by atoms with E-state index >= 15 is 0 Å². The van der Waals surface area contributed by atoms with Crippen molar-refractivity contribution < 1.29 is 0 Å². The smallest absolute Gasteiger partial charge is 0.184 e. The number of rotatable bonds is 7. The quantitative estimate of drug-likeness (QED) is 0.530. The van der Waals surface area contributed by atoms with Crippen LogP contribution in [0.3, 0.4) is 0 Å². The maximum atomic E-state index is 5.93. The molecule has 1 heterocycles. The Kier molecular flexibility index (Phi) is 9.99. The van der Waals surface area contributed by atoms with Gasteiger partial charge in [-0.25, -0.2) is 0 Å². The first-order valence-electron chi connectivity index (χ1n) is 6.07. The Morgan fingerprint density at radius 1 is 1.29 bits per heavy atom. The highest BCUT2D eigenvalue weighted by Gasteiger charge is 2.03. The molecule has 1 aromatic rings. The predicted molar refractivity (Wildman–Crippen MR) is 79.4 cm³/mol. The molecule has 0 fully saturated rings. The monoisotopic (exact) mass is 296 g/mol. The molecule has 0 aliphatic rings. The summed E-state index contributed by atoms with van der Waals surface area (Å²) in [6.07, 6.45) is 4.77. The van der Waals surface area contributed by atoms with Gasteiger partial charge in [-0.1, -0.05) is 26.7 Å². The second-order valence-corrected chi connectivity index (χ2v) is 4.99. The van der Waals surface area contributed by atoms with Crippen LogP contribution in [0.5, 0.6) is 0 Å². The van der Waals surface area contributed by atoms with E-state index in [0.717, 1.165) is 17.9 Å². The fourth-order valence-electron chi connectivity index (χ4n) is 1.49. The van der Waals surface area contributed by atoms with Crippen LogP contribution in [0.1, 0.15) is 45.2 Å². The molecule has 0 saturated carbocycles. The first kappa shape index (κ1) is 17.0. The van der Waals surface area contributed by atoms with E-state index in [1.807, 2.05) is 0 Å². The van der Waals surface area contributed by atoms with Gasteiger partial charge in [-0.15, -0.1) is 35.3 Å². The van der Waals surface area contributed by atoms with Gasteiger partial charge >= 0.3 is 0 Å². The third kappa shape index (κ3) is 5.45. The van der Waals surface area contributed by atoms with E-state index in [9.17, 15) is 0 Å². The molecular weight excluding hydrogens is 275 g/mol.